The van der Waals surface area contributed by atoms with E-state index in [1.54, 1.807) is 19.1 Å². The van der Waals surface area contributed by atoms with Crippen molar-refractivity contribution in [3.05, 3.63) is 23.8 Å². The monoisotopic (exact) mass is 299 g/mol. The first-order chi connectivity index (χ1) is 7.58. The maximum Gasteiger partial charge on any atom is 0.234 e. The molecule has 0 aromatic heterocycles. The van der Waals surface area contributed by atoms with Crippen LogP contribution in [-0.4, -0.2) is 22.3 Å². The average Bonchev–Trinajstić information content (AvgIpc) is 2.26. The fraction of sp³-hybridized carbons (Fsp3) is 0.273. The van der Waals surface area contributed by atoms with Gasteiger partial charge in [0.1, 0.15) is 0 Å². The number of hydrogen-bond acceptors (Lipinski definition) is 3. The molecule has 84 valence electrons. The summed E-state index contributed by atoms with van der Waals surface area (Å²) < 4.78 is 0. The molecule has 1 atom stereocenters. The topological polar surface area (TPSA) is 46.2 Å². The van der Waals surface area contributed by atoms with E-state index >= 15 is 0 Å². The minimum atomic E-state index is -0.211. The van der Waals surface area contributed by atoms with Crippen molar-refractivity contribution in [1.29, 1.82) is 0 Å². The summed E-state index contributed by atoms with van der Waals surface area (Å²) in [7, 11) is 0. The third kappa shape index (κ3) is 2.30. The molecular formula is C11H10BrNO2S. The van der Waals surface area contributed by atoms with Gasteiger partial charge in [-0.2, -0.15) is 0 Å². The maximum atomic E-state index is 11.7. The second kappa shape index (κ2) is 4.59. The van der Waals surface area contributed by atoms with Crippen LogP contribution in [0.1, 0.15) is 17.3 Å². The summed E-state index contributed by atoms with van der Waals surface area (Å²) in [6, 6.07) is 5.41. The molecule has 1 unspecified atom stereocenters. The third-order valence-electron chi connectivity index (χ3n) is 2.26. The molecular weight excluding hydrogens is 290 g/mol. The molecule has 1 N–H and O–H groups in total. The highest BCUT2D eigenvalue weighted by Crippen LogP contribution is 2.32. The van der Waals surface area contributed by atoms with Crippen molar-refractivity contribution in [3.8, 4) is 0 Å². The largest absolute Gasteiger partial charge is 0.324 e. The number of fused-ring (bicyclic) bond motifs is 1. The second-order valence-corrected chi connectivity index (χ2v) is 5.92. The number of hydrogen-bond donors (Lipinski definition) is 1. The van der Waals surface area contributed by atoms with Gasteiger partial charge in [0, 0.05) is 10.5 Å². The van der Waals surface area contributed by atoms with Crippen molar-refractivity contribution in [2.24, 2.45) is 0 Å². The van der Waals surface area contributed by atoms with Gasteiger partial charge in [0.2, 0.25) is 5.91 Å². The third-order valence-corrected chi connectivity index (χ3v) is 3.75. The number of thioether (sulfide) groups is 1. The molecule has 0 saturated heterocycles. The summed E-state index contributed by atoms with van der Waals surface area (Å²) >= 11 is 4.73. The van der Waals surface area contributed by atoms with Gasteiger partial charge in [0.05, 0.1) is 16.3 Å². The number of Topliss-reactive ketones (excluding diaryl/α,β-unsaturated/α-hetero) is 1. The number of carbonyl (C=O) groups excluding carboxylic acids is 2. The Labute approximate surface area is 106 Å². The van der Waals surface area contributed by atoms with Gasteiger partial charge in [-0.05, 0) is 19.1 Å². The number of anilines is 1. The first kappa shape index (κ1) is 11.7. The van der Waals surface area contributed by atoms with Crippen LogP contribution in [-0.2, 0) is 4.79 Å². The number of benzene rings is 1. The molecule has 1 aromatic carbocycles. The van der Waals surface area contributed by atoms with Crippen molar-refractivity contribution in [2.75, 3.05) is 11.1 Å². The standard InChI is InChI=1S/C11H10BrNO2S/c1-6(12)11(15)7-2-3-9-8(4-7)13-10(14)5-16-9/h2-4,6H,5H2,1H3,(H,13,14). The van der Waals surface area contributed by atoms with E-state index in [1.807, 2.05) is 6.07 Å². The zero-order valence-electron chi connectivity index (χ0n) is 8.62. The summed E-state index contributed by atoms with van der Waals surface area (Å²) in [6.45, 7) is 1.79. The quantitative estimate of drug-likeness (QED) is 0.675. The number of ketones is 1. The van der Waals surface area contributed by atoms with Crippen LogP contribution in [0.5, 0.6) is 0 Å². The van der Waals surface area contributed by atoms with E-state index in [0.717, 1.165) is 10.6 Å². The lowest BCUT2D eigenvalue weighted by molar-refractivity contribution is -0.113. The van der Waals surface area contributed by atoms with Crippen molar-refractivity contribution in [1.82, 2.24) is 0 Å². The molecule has 3 nitrogen and oxygen atoms in total. The molecule has 2 rings (SSSR count). The van der Waals surface area contributed by atoms with Crippen LogP contribution in [0.15, 0.2) is 23.1 Å². The fourth-order valence-corrected chi connectivity index (χ4v) is 2.52. The number of amides is 1. The Morgan fingerprint density at radius 3 is 3.00 bits per heavy atom. The molecule has 5 heteroatoms. The van der Waals surface area contributed by atoms with Crippen LogP contribution in [0, 0.1) is 0 Å². The molecule has 1 aliphatic heterocycles. The first-order valence-electron chi connectivity index (χ1n) is 4.83. The summed E-state index contributed by atoms with van der Waals surface area (Å²) in [5, 5.41) is 2.77. The van der Waals surface area contributed by atoms with Crippen LogP contribution < -0.4 is 5.32 Å². The lowest BCUT2D eigenvalue weighted by Gasteiger charge is -2.17. The molecule has 0 spiro atoms. The molecule has 1 aliphatic rings. The lowest BCUT2D eigenvalue weighted by atomic mass is 10.1. The van der Waals surface area contributed by atoms with Crippen LogP contribution in [0.3, 0.4) is 0 Å². The minimum absolute atomic E-state index is 0.0195. The van der Waals surface area contributed by atoms with E-state index in [4.69, 9.17) is 0 Å². The molecule has 0 fully saturated rings. The minimum Gasteiger partial charge on any atom is -0.324 e. The van der Waals surface area contributed by atoms with E-state index in [0.29, 0.717) is 11.3 Å². The van der Waals surface area contributed by atoms with Crippen molar-refractivity contribution >= 4 is 45.1 Å². The summed E-state index contributed by atoms with van der Waals surface area (Å²) in [4.78, 5) is 23.8. The van der Waals surface area contributed by atoms with Crippen molar-refractivity contribution in [3.63, 3.8) is 0 Å². The van der Waals surface area contributed by atoms with E-state index in [-0.39, 0.29) is 16.5 Å². The molecule has 1 amide bonds. The Kier molecular flexibility index (Phi) is 3.35. The zero-order valence-corrected chi connectivity index (χ0v) is 11.0. The van der Waals surface area contributed by atoms with Gasteiger partial charge in [-0.3, -0.25) is 9.59 Å². The smallest absolute Gasteiger partial charge is 0.234 e. The Bertz CT molecular complexity index is 459. The Balaban J connectivity index is 2.35. The molecule has 0 bridgehead atoms. The van der Waals surface area contributed by atoms with E-state index < -0.39 is 0 Å². The molecule has 0 radical (unpaired) electrons. The highest BCUT2D eigenvalue weighted by Gasteiger charge is 2.18. The van der Waals surface area contributed by atoms with Gasteiger partial charge in [0.25, 0.3) is 0 Å². The van der Waals surface area contributed by atoms with Crippen LogP contribution in [0.2, 0.25) is 0 Å². The summed E-state index contributed by atoms with van der Waals surface area (Å²) in [6.07, 6.45) is 0. The number of halogens is 1. The molecule has 1 heterocycles. The van der Waals surface area contributed by atoms with Crippen molar-refractivity contribution < 1.29 is 9.59 Å². The van der Waals surface area contributed by atoms with Gasteiger partial charge < -0.3 is 5.32 Å². The zero-order chi connectivity index (χ0) is 11.7. The Morgan fingerprint density at radius 2 is 2.31 bits per heavy atom. The van der Waals surface area contributed by atoms with Gasteiger partial charge in [-0.1, -0.05) is 22.0 Å². The molecule has 0 saturated carbocycles. The van der Waals surface area contributed by atoms with Crippen LogP contribution in [0.4, 0.5) is 5.69 Å². The Morgan fingerprint density at radius 1 is 1.56 bits per heavy atom. The normalized spacial score (nSPS) is 16.2. The lowest BCUT2D eigenvalue weighted by Crippen LogP contribution is -2.19. The van der Waals surface area contributed by atoms with Gasteiger partial charge in [0.15, 0.2) is 5.78 Å². The van der Waals surface area contributed by atoms with E-state index in [9.17, 15) is 9.59 Å². The highest BCUT2D eigenvalue weighted by atomic mass is 79.9. The number of carbonyl (C=O) groups is 2. The second-order valence-electron chi connectivity index (χ2n) is 3.53. The van der Waals surface area contributed by atoms with Crippen LogP contribution in [0.25, 0.3) is 0 Å². The summed E-state index contributed by atoms with van der Waals surface area (Å²) in [5.74, 6) is 0.441. The highest BCUT2D eigenvalue weighted by molar-refractivity contribution is 9.10. The predicted molar refractivity (Wildman–Crippen MR) is 68.5 cm³/mol. The van der Waals surface area contributed by atoms with Crippen molar-refractivity contribution in [2.45, 2.75) is 16.6 Å². The van der Waals surface area contributed by atoms with Gasteiger partial charge >= 0.3 is 0 Å². The summed E-state index contributed by atoms with van der Waals surface area (Å²) in [5.41, 5.74) is 1.35. The van der Waals surface area contributed by atoms with E-state index in [1.165, 1.54) is 11.8 Å². The first-order valence-corrected chi connectivity index (χ1v) is 6.73. The number of nitrogens with one attached hydrogen (secondary N) is 1. The van der Waals surface area contributed by atoms with Gasteiger partial charge in [-0.15, -0.1) is 11.8 Å². The molecule has 16 heavy (non-hydrogen) atoms. The Hall–Kier alpha value is -0.810. The average molecular weight is 300 g/mol. The van der Waals surface area contributed by atoms with Gasteiger partial charge in [-0.25, -0.2) is 0 Å². The molecule has 1 aromatic rings. The fourth-order valence-electron chi connectivity index (χ4n) is 1.47. The predicted octanol–water partition coefficient (Wildman–Crippen LogP) is 2.70. The molecule has 0 aliphatic carbocycles. The maximum absolute atomic E-state index is 11.7. The van der Waals surface area contributed by atoms with Crippen LogP contribution >= 0.6 is 27.7 Å². The SMILES string of the molecule is CC(Br)C(=O)c1ccc2c(c1)NC(=O)CS2. The number of rotatable bonds is 2. The van der Waals surface area contributed by atoms with E-state index in [2.05, 4.69) is 21.2 Å². The number of alkyl halides is 1.